The quantitative estimate of drug-likeness (QED) is 0.913. The molecule has 2 fully saturated rings. The van der Waals surface area contributed by atoms with Gasteiger partial charge in [-0.05, 0) is 43.0 Å². The summed E-state index contributed by atoms with van der Waals surface area (Å²) in [6, 6.07) is 7.44. The summed E-state index contributed by atoms with van der Waals surface area (Å²) in [6.07, 6.45) is 3.67. The van der Waals surface area contributed by atoms with Crippen LogP contribution in [0.1, 0.15) is 30.0 Å². The van der Waals surface area contributed by atoms with Crippen molar-refractivity contribution in [1.82, 2.24) is 10.2 Å². The normalized spacial score (nSPS) is 24.1. The van der Waals surface area contributed by atoms with Gasteiger partial charge in [0.05, 0.1) is 13.2 Å². The first-order valence-electron chi connectivity index (χ1n) is 7.65. The Labute approximate surface area is 129 Å². The van der Waals surface area contributed by atoms with E-state index in [9.17, 15) is 0 Å². The third-order valence-electron chi connectivity index (χ3n) is 4.34. The molecule has 0 spiro atoms. The number of benzene rings is 1. The second-order valence-electron chi connectivity index (χ2n) is 5.70. The lowest BCUT2D eigenvalue weighted by Crippen LogP contribution is -2.37. The molecule has 2 heterocycles. The van der Waals surface area contributed by atoms with Crippen LogP contribution in [0.4, 0.5) is 0 Å². The van der Waals surface area contributed by atoms with Gasteiger partial charge in [0, 0.05) is 30.1 Å². The summed E-state index contributed by atoms with van der Waals surface area (Å²) in [5.74, 6) is 0. The maximum atomic E-state index is 5.39. The predicted octanol–water partition coefficient (Wildman–Crippen LogP) is 2.75. The van der Waals surface area contributed by atoms with Crippen LogP contribution in [0.5, 0.6) is 0 Å². The molecule has 0 aliphatic carbocycles. The fourth-order valence-corrected chi connectivity index (χ4v) is 3.65. The molecule has 3 rings (SSSR count). The first kappa shape index (κ1) is 14.5. The largest absolute Gasteiger partial charge is 0.379 e. The fourth-order valence-electron chi connectivity index (χ4n) is 3.06. The molecule has 0 aromatic heterocycles. The van der Waals surface area contributed by atoms with Gasteiger partial charge in [-0.25, -0.2) is 0 Å². The highest BCUT2D eigenvalue weighted by atomic mass is 79.9. The summed E-state index contributed by atoms with van der Waals surface area (Å²) < 4.78 is 6.65. The molecule has 1 aromatic rings. The highest BCUT2D eigenvalue weighted by molar-refractivity contribution is 9.10. The van der Waals surface area contributed by atoms with Crippen LogP contribution in [-0.4, -0.2) is 44.3 Å². The van der Waals surface area contributed by atoms with Crippen molar-refractivity contribution in [2.45, 2.75) is 25.3 Å². The molecule has 2 aliphatic heterocycles. The molecular formula is C16H23BrN2O. The molecule has 1 unspecified atom stereocenters. The zero-order valence-corrected chi connectivity index (χ0v) is 13.5. The molecule has 110 valence electrons. The molecule has 20 heavy (non-hydrogen) atoms. The monoisotopic (exact) mass is 338 g/mol. The summed E-state index contributed by atoms with van der Waals surface area (Å²) in [5.41, 5.74) is 2.84. The second-order valence-corrected chi connectivity index (χ2v) is 6.56. The van der Waals surface area contributed by atoms with Gasteiger partial charge in [0.25, 0.3) is 0 Å². The van der Waals surface area contributed by atoms with Crippen LogP contribution >= 0.6 is 15.9 Å². The van der Waals surface area contributed by atoms with Gasteiger partial charge in [-0.15, -0.1) is 0 Å². The van der Waals surface area contributed by atoms with E-state index in [0.717, 1.165) is 45.8 Å². The number of nitrogens with zero attached hydrogens (tertiary/aromatic N) is 1. The number of hydrogen-bond donors (Lipinski definition) is 1. The predicted molar refractivity (Wildman–Crippen MR) is 85.1 cm³/mol. The van der Waals surface area contributed by atoms with Gasteiger partial charge in [0.15, 0.2) is 0 Å². The summed E-state index contributed by atoms with van der Waals surface area (Å²) in [6.45, 7) is 6.19. The van der Waals surface area contributed by atoms with E-state index in [-0.39, 0.29) is 0 Å². The van der Waals surface area contributed by atoms with Crippen molar-refractivity contribution in [3.05, 3.63) is 33.8 Å². The number of morpholine rings is 1. The minimum absolute atomic E-state index is 0.555. The zero-order chi connectivity index (χ0) is 13.8. The van der Waals surface area contributed by atoms with E-state index in [1.165, 1.54) is 28.4 Å². The van der Waals surface area contributed by atoms with Gasteiger partial charge in [-0.3, -0.25) is 4.90 Å². The van der Waals surface area contributed by atoms with E-state index in [1.807, 2.05) is 0 Å². The molecule has 0 radical (unpaired) electrons. The Balaban J connectivity index is 1.58. The van der Waals surface area contributed by atoms with Gasteiger partial charge < -0.3 is 10.1 Å². The minimum atomic E-state index is 0.555. The Kier molecular flexibility index (Phi) is 5.10. The van der Waals surface area contributed by atoms with Crippen LogP contribution in [0, 0.1) is 0 Å². The molecule has 2 aliphatic rings. The Morgan fingerprint density at radius 3 is 2.85 bits per heavy atom. The van der Waals surface area contributed by atoms with Gasteiger partial charge in [-0.2, -0.15) is 0 Å². The Bertz CT molecular complexity index is 440. The Morgan fingerprint density at radius 2 is 2.15 bits per heavy atom. The summed E-state index contributed by atoms with van der Waals surface area (Å²) in [7, 11) is 0. The lowest BCUT2D eigenvalue weighted by molar-refractivity contribution is 0.0384. The average Bonchev–Trinajstić information content (AvgIpc) is 3.01. The van der Waals surface area contributed by atoms with Crippen molar-refractivity contribution < 1.29 is 4.74 Å². The fraction of sp³-hybridized carbons (Fsp3) is 0.625. The van der Waals surface area contributed by atoms with Gasteiger partial charge in [-0.1, -0.05) is 28.1 Å². The average molecular weight is 339 g/mol. The Hall–Kier alpha value is -0.420. The molecular weight excluding hydrogens is 316 g/mol. The zero-order valence-electron chi connectivity index (χ0n) is 11.9. The van der Waals surface area contributed by atoms with Crippen LogP contribution in [0.15, 0.2) is 22.7 Å². The molecule has 2 saturated heterocycles. The van der Waals surface area contributed by atoms with Crippen molar-refractivity contribution in [3.63, 3.8) is 0 Å². The number of nitrogens with one attached hydrogen (secondary N) is 1. The molecule has 1 atom stereocenters. The smallest absolute Gasteiger partial charge is 0.0594 e. The van der Waals surface area contributed by atoms with Gasteiger partial charge in [0.1, 0.15) is 0 Å². The minimum Gasteiger partial charge on any atom is -0.379 e. The maximum absolute atomic E-state index is 5.39. The van der Waals surface area contributed by atoms with E-state index < -0.39 is 0 Å². The molecule has 0 amide bonds. The first-order chi connectivity index (χ1) is 9.83. The van der Waals surface area contributed by atoms with Crippen LogP contribution in [0.2, 0.25) is 0 Å². The lowest BCUT2D eigenvalue weighted by Gasteiger charge is -2.26. The SMILES string of the molecule is Brc1cc(C2CCCN2)ccc1CCN1CCOCC1. The Morgan fingerprint density at radius 1 is 1.30 bits per heavy atom. The van der Waals surface area contributed by atoms with E-state index in [1.54, 1.807) is 0 Å². The molecule has 1 N–H and O–H groups in total. The molecule has 4 heteroatoms. The maximum Gasteiger partial charge on any atom is 0.0594 e. The highest BCUT2D eigenvalue weighted by Crippen LogP contribution is 2.27. The van der Waals surface area contributed by atoms with Crippen molar-refractivity contribution in [2.24, 2.45) is 0 Å². The summed E-state index contributed by atoms with van der Waals surface area (Å²) >= 11 is 3.75. The highest BCUT2D eigenvalue weighted by Gasteiger charge is 2.17. The topological polar surface area (TPSA) is 24.5 Å². The van der Waals surface area contributed by atoms with Crippen molar-refractivity contribution in [1.29, 1.82) is 0 Å². The number of rotatable bonds is 4. The molecule has 1 aromatic carbocycles. The van der Waals surface area contributed by atoms with Crippen LogP contribution < -0.4 is 5.32 Å². The van der Waals surface area contributed by atoms with Gasteiger partial charge in [0.2, 0.25) is 0 Å². The van der Waals surface area contributed by atoms with Crippen molar-refractivity contribution in [2.75, 3.05) is 39.4 Å². The van der Waals surface area contributed by atoms with Crippen LogP contribution in [0.3, 0.4) is 0 Å². The molecule has 0 saturated carbocycles. The number of hydrogen-bond acceptors (Lipinski definition) is 3. The third-order valence-corrected chi connectivity index (χ3v) is 5.08. The van der Waals surface area contributed by atoms with Gasteiger partial charge >= 0.3 is 0 Å². The van der Waals surface area contributed by atoms with E-state index in [2.05, 4.69) is 44.3 Å². The third kappa shape index (κ3) is 3.61. The van der Waals surface area contributed by atoms with Crippen LogP contribution in [-0.2, 0) is 11.2 Å². The lowest BCUT2D eigenvalue weighted by atomic mass is 10.0. The van der Waals surface area contributed by atoms with E-state index >= 15 is 0 Å². The molecule has 3 nitrogen and oxygen atoms in total. The van der Waals surface area contributed by atoms with Crippen LogP contribution in [0.25, 0.3) is 0 Å². The second kappa shape index (κ2) is 7.03. The van der Waals surface area contributed by atoms with Crippen molar-refractivity contribution >= 4 is 15.9 Å². The van der Waals surface area contributed by atoms with Crippen molar-refractivity contribution in [3.8, 4) is 0 Å². The first-order valence-corrected chi connectivity index (χ1v) is 8.44. The molecule has 0 bridgehead atoms. The number of halogens is 1. The van der Waals surface area contributed by atoms with E-state index in [4.69, 9.17) is 4.74 Å². The summed E-state index contributed by atoms with van der Waals surface area (Å²) in [4.78, 5) is 2.49. The summed E-state index contributed by atoms with van der Waals surface area (Å²) in [5, 5.41) is 3.56. The standard InChI is InChI=1S/C16H23BrN2O/c17-15-12-14(16-2-1-6-18-16)4-3-13(15)5-7-19-8-10-20-11-9-19/h3-4,12,16,18H,1-2,5-11H2. The van der Waals surface area contributed by atoms with E-state index in [0.29, 0.717) is 6.04 Å². The number of ether oxygens (including phenoxy) is 1.